The fraction of sp³-hybridized carbons (Fsp3) is 0.500. The molecule has 2 aromatic heterocycles. The van der Waals surface area contributed by atoms with Gasteiger partial charge in [0.2, 0.25) is 0 Å². The molecule has 3 heterocycles. The highest BCUT2D eigenvalue weighted by atomic mass is 32.1. The number of thiophene rings is 1. The second kappa shape index (κ2) is 5.56. The molecule has 0 bridgehead atoms. The molecule has 6 nitrogen and oxygen atoms in total. The van der Waals surface area contributed by atoms with E-state index in [-0.39, 0.29) is 11.6 Å². The SMILES string of the molecule is Cc1sc2nc(CN3CCNCC3C#N)[nH]c(=O)c2c1C. The van der Waals surface area contributed by atoms with Gasteiger partial charge in [0, 0.05) is 24.5 Å². The summed E-state index contributed by atoms with van der Waals surface area (Å²) in [6, 6.07) is 2.11. The average Bonchev–Trinajstić information content (AvgIpc) is 2.75. The van der Waals surface area contributed by atoms with E-state index in [9.17, 15) is 10.1 Å². The number of aromatic nitrogens is 2. The standard InChI is InChI=1S/C14H17N5OS/c1-8-9(2)21-14-12(8)13(20)17-11(18-14)7-19-4-3-16-6-10(19)5-15/h10,16H,3-4,6-7H2,1-2H3,(H,17,18,20). The van der Waals surface area contributed by atoms with Crippen LogP contribution in [0, 0.1) is 25.2 Å². The van der Waals surface area contributed by atoms with Crippen LogP contribution in [0.1, 0.15) is 16.3 Å². The summed E-state index contributed by atoms with van der Waals surface area (Å²) >= 11 is 1.55. The minimum absolute atomic E-state index is 0.0829. The van der Waals surface area contributed by atoms with Crippen LogP contribution in [0.3, 0.4) is 0 Å². The topological polar surface area (TPSA) is 84.8 Å². The summed E-state index contributed by atoms with van der Waals surface area (Å²) in [4.78, 5) is 23.6. The van der Waals surface area contributed by atoms with Crippen LogP contribution in [0.2, 0.25) is 0 Å². The molecule has 110 valence electrons. The summed E-state index contributed by atoms with van der Waals surface area (Å²) in [5, 5.41) is 13.1. The number of nitriles is 1. The first kappa shape index (κ1) is 14.2. The van der Waals surface area contributed by atoms with Crippen molar-refractivity contribution in [2.24, 2.45) is 0 Å². The first-order valence-electron chi connectivity index (χ1n) is 6.93. The van der Waals surface area contributed by atoms with Crippen LogP contribution in [0.15, 0.2) is 4.79 Å². The lowest BCUT2D eigenvalue weighted by atomic mass is 10.2. The highest BCUT2D eigenvalue weighted by Gasteiger charge is 2.23. The lowest BCUT2D eigenvalue weighted by Crippen LogP contribution is -2.50. The van der Waals surface area contributed by atoms with Crippen LogP contribution in [-0.2, 0) is 6.54 Å². The van der Waals surface area contributed by atoms with Gasteiger partial charge in [0.15, 0.2) is 0 Å². The summed E-state index contributed by atoms with van der Waals surface area (Å²) < 4.78 is 0. The molecule has 0 spiro atoms. The molecular formula is C14H17N5OS. The van der Waals surface area contributed by atoms with Crippen LogP contribution in [-0.4, -0.2) is 40.5 Å². The van der Waals surface area contributed by atoms with E-state index in [1.807, 2.05) is 18.7 Å². The molecule has 0 saturated carbocycles. The maximum atomic E-state index is 12.2. The highest BCUT2D eigenvalue weighted by molar-refractivity contribution is 7.18. The lowest BCUT2D eigenvalue weighted by Gasteiger charge is -2.31. The number of aryl methyl sites for hydroxylation is 2. The molecular weight excluding hydrogens is 286 g/mol. The fourth-order valence-corrected chi connectivity index (χ4v) is 3.68. The predicted molar refractivity (Wildman–Crippen MR) is 82.4 cm³/mol. The summed E-state index contributed by atoms with van der Waals surface area (Å²) in [6.45, 7) is 6.74. The Bertz CT molecular complexity index is 772. The van der Waals surface area contributed by atoms with Gasteiger partial charge in [-0.1, -0.05) is 0 Å². The molecule has 1 saturated heterocycles. The second-order valence-corrected chi connectivity index (χ2v) is 6.50. The van der Waals surface area contributed by atoms with Crippen molar-refractivity contribution in [3.8, 4) is 6.07 Å². The molecule has 3 rings (SSSR count). The number of H-pyrrole nitrogens is 1. The molecule has 1 atom stereocenters. The zero-order valence-electron chi connectivity index (χ0n) is 12.1. The van der Waals surface area contributed by atoms with Crippen molar-refractivity contribution in [3.63, 3.8) is 0 Å². The molecule has 1 unspecified atom stereocenters. The van der Waals surface area contributed by atoms with Crippen molar-refractivity contribution in [1.82, 2.24) is 20.2 Å². The summed E-state index contributed by atoms with van der Waals surface area (Å²) in [5.74, 6) is 0.635. The van der Waals surface area contributed by atoms with Gasteiger partial charge >= 0.3 is 0 Å². The number of fused-ring (bicyclic) bond motifs is 1. The minimum Gasteiger partial charge on any atom is -0.313 e. The number of piperazine rings is 1. The number of hydrogen-bond donors (Lipinski definition) is 2. The summed E-state index contributed by atoms with van der Waals surface area (Å²) in [5.41, 5.74) is 0.924. The van der Waals surface area contributed by atoms with E-state index < -0.39 is 0 Å². The van der Waals surface area contributed by atoms with E-state index >= 15 is 0 Å². The normalized spacial score (nSPS) is 19.8. The van der Waals surface area contributed by atoms with Gasteiger partial charge in [0.1, 0.15) is 16.7 Å². The third-order valence-corrected chi connectivity index (χ3v) is 5.05. The Kier molecular flexibility index (Phi) is 3.76. The van der Waals surface area contributed by atoms with Crippen molar-refractivity contribution in [2.75, 3.05) is 19.6 Å². The van der Waals surface area contributed by atoms with Gasteiger partial charge in [-0.3, -0.25) is 9.69 Å². The van der Waals surface area contributed by atoms with Crippen molar-refractivity contribution in [2.45, 2.75) is 26.4 Å². The highest BCUT2D eigenvalue weighted by Crippen LogP contribution is 2.25. The third-order valence-electron chi connectivity index (χ3n) is 3.94. The summed E-state index contributed by atoms with van der Waals surface area (Å²) in [6.07, 6.45) is 0. The van der Waals surface area contributed by atoms with Crippen LogP contribution in [0.25, 0.3) is 10.2 Å². The van der Waals surface area contributed by atoms with Crippen molar-refractivity contribution in [1.29, 1.82) is 5.26 Å². The van der Waals surface area contributed by atoms with E-state index in [4.69, 9.17) is 0 Å². The monoisotopic (exact) mass is 303 g/mol. The minimum atomic E-state index is -0.174. The third kappa shape index (κ3) is 2.58. The van der Waals surface area contributed by atoms with Gasteiger partial charge in [0.25, 0.3) is 5.56 Å². The Morgan fingerprint density at radius 1 is 1.52 bits per heavy atom. The molecule has 2 aromatic rings. The second-order valence-electron chi connectivity index (χ2n) is 5.30. The number of rotatable bonds is 2. The van der Waals surface area contributed by atoms with Gasteiger partial charge in [-0.2, -0.15) is 5.26 Å². The average molecular weight is 303 g/mol. The predicted octanol–water partition coefficient (Wildman–Crippen LogP) is 0.899. The molecule has 7 heteroatoms. The zero-order valence-corrected chi connectivity index (χ0v) is 12.9. The van der Waals surface area contributed by atoms with Gasteiger partial charge < -0.3 is 10.3 Å². The van der Waals surface area contributed by atoms with Gasteiger partial charge in [-0.25, -0.2) is 4.98 Å². The molecule has 1 aliphatic rings. The van der Waals surface area contributed by atoms with Crippen molar-refractivity contribution < 1.29 is 0 Å². The Morgan fingerprint density at radius 3 is 3.10 bits per heavy atom. The number of aromatic amines is 1. The fourth-order valence-electron chi connectivity index (χ4n) is 2.63. The largest absolute Gasteiger partial charge is 0.313 e. The summed E-state index contributed by atoms with van der Waals surface area (Å²) in [7, 11) is 0. The first-order valence-corrected chi connectivity index (χ1v) is 7.75. The van der Waals surface area contributed by atoms with Crippen molar-refractivity contribution in [3.05, 3.63) is 26.6 Å². The molecule has 21 heavy (non-hydrogen) atoms. The molecule has 1 aliphatic heterocycles. The van der Waals surface area contributed by atoms with E-state index in [2.05, 4.69) is 21.4 Å². The Balaban J connectivity index is 1.94. The number of nitrogens with zero attached hydrogens (tertiary/aromatic N) is 3. The molecule has 0 aromatic carbocycles. The quantitative estimate of drug-likeness (QED) is 0.861. The maximum Gasteiger partial charge on any atom is 0.259 e. The van der Waals surface area contributed by atoms with Crippen LogP contribution in [0.5, 0.6) is 0 Å². The van der Waals surface area contributed by atoms with Crippen LogP contribution >= 0.6 is 11.3 Å². The van der Waals surface area contributed by atoms with Crippen molar-refractivity contribution >= 4 is 21.6 Å². The lowest BCUT2D eigenvalue weighted by molar-refractivity contribution is 0.185. The Hall–Kier alpha value is -1.75. The zero-order chi connectivity index (χ0) is 15.0. The van der Waals surface area contributed by atoms with Gasteiger partial charge in [-0.05, 0) is 19.4 Å². The molecule has 2 N–H and O–H groups in total. The van der Waals surface area contributed by atoms with E-state index in [1.54, 1.807) is 11.3 Å². The smallest absolute Gasteiger partial charge is 0.259 e. The van der Waals surface area contributed by atoms with Crippen LogP contribution < -0.4 is 10.9 Å². The van der Waals surface area contributed by atoms with E-state index in [0.717, 1.165) is 28.4 Å². The first-order chi connectivity index (χ1) is 10.1. The number of nitrogens with one attached hydrogen (secondary N) is 2. The molecule has 0 amide bonds. The Morgan fingerprint density at radius 2 is 2.33 bits per heavy atom. The number of hydrogen-bond acceptors (Lipinski definition) is 6. The molecule has 0 radical (unpaired) electrons. The van der Waals surface area contributed by atoms with E-state index in [0.29, 0.717) is 24.3 Å². The maximum absolute atomic E-state index is 12.2. The van der Waals surface area contributed by atoms with E-state index in [1.165, 1.54) is 0 Å². The van der Waals surface area contributed by atoms with Crippen LogP contribution in [0.4, 0.5) is 0 Å². The molecule has 1 fully saturated rings. The Labute approximate surface area is 126 Å². The van der Waals surface area contributed by atoms with Gasteiger partial charge in [-0.15, -0.1) is 11.3 Å². The van der Waals surface area contributed by atoms with Gasteiger partial charge in [0.05, 0.1) is 18.0 Å². The molecule has 0 aliphatic carbocycles.